The molecule has 5 nitrogen and oxygen atoms in total. The Bertz CT molecular complexity index is 740. The van der Waals surface area contributed by atoms with Gasteiger partial charge in [0.2, 0.25) is 4.96 Å². The van der Waals surface area contributed by atoms with Crippen molar-refractivity contribution in [2.75, 3.05) is 0 Å². The smallest absolute Gasteiger partial charge is 0.234 e. The van der Waals surface area contributed by atoms with E-state index in [9.17, 15) is 5.11 Å². The van der Waals surface area contributed by atoms with Crippen LogP contribution in [0.5, 0.6) is 5.75 Å². The molecule has 1 saturated carbocycles. The maximum absolute atomic E-state index is 9.35. The minimum Gasteiger partial charge on any atom is -0.508 e. The van der Waals surface area contributed by atoms with E-state index in [0.717, 1.165) is 21.4 Å². The molecule has 0 atom stereocenters. The summed E-state index contributed by atoms with van der Waals surface area (Å²) in [5.74, 6) is 1.77. The van der Waals surface area contributed by atoms with E-state index in [-0.39, 0.29) is 5.75 Å². The molecule has 6 heteroatoms. The van der Waals surface area contributed by atoms with Crippen molar-refractivity contribution in [3.63, 3.8) is 0 Å². The molecule has 1 aromatic carbocycles. The highest BCUT2D eigenvalue weighted by Gasteiger charge is 2.24. The maximum Gasteiger partial charge on any atom is 0.234 e. The lowest BCUT2D eigenvalue weighted by atomic mass is 10.1. The lowest BCUT2D eigenvalue weighted by Gasteiger charge is -2.03. The van der Waals surface area contributed by atoms with Crippen LogP contribution in [0.3, 0.4) is 0 Å². The van der Waals surface area contributed by atoms with Crippen molar-refractivity contribution >= 4 is 16.3 Å². The Morgan fingerprint density at radius 2 is 1.85 bits per heavy atom. The number of aromatic hydroxyl groups is 1. The first kappa shape index (κ1) is 11.8. The van der Waals surface area contributed by atoms with Crippen molar-refractivity contribution in [1.82, 2.24) is 19.8 Å². The number of aromatic nitrogens is 4. The van der Waals surface area contributed by atoms with Gasteiger partial charge in [-0.2, -0.15) is 9.61 Å². The summed E-state index contributed by atoms with van der Waals surface area (Å²) in [5, 5.41) is 23.5. The van der Waals surface area contributed by atoms with E-state index in [2.05, 4.69) is 15.3 Å². The molecule has 102 valence electrons. The molecule has 1 fully saturated rings. The van der Waals surface area contributed by atoms with E-state index in [1.165, 1.54) is 37.0 Å². The van der Waals surface area contributed by atoms with Gasteiger partial charge in [0.1, 0.15) is 10.8 Å². The van der Waals surface area contributed by atoms with E-state index >= 15 is 0 Å². The fourth-order valence-electron chi connectivity index (χ4n) is 2.79. The molecule has 0 aliphatic heterocycles. The standard InChI is InChI=1S/C14H14N4OS/c19-11-7-5-10(6-8-11)13-17-18-12(9-3-1-2-4-9)15-16-14(18)20-13/h5-9,19H,1-4H2. The highest BCUT2D eigenvalue weighted by molar-refractivity contribution is 7.19. The molecule has 1 N–H and O–H groups in total. The summed E-state index contributed by atoms with van der Waals surface area (Å²) in [4.78, 5) is 0.843. The van der Waals surface area contributed by atoms with Gasteiger partial charge in [-0.1, -0.05) is 24.2 Å². The molecule has 0 saturated heterocycles. The Morgan fingerprint density at radius 3 is 2.60 bits per heavy atom. The highest BCUT2D eigenvalue weighted by Crippen LogP contribution is 2.34. The largest absolute Gasteiger partial charge is 0.508 e. The predicted molar refractivity (Wildman–Crippen MR) is 77.0 cm³/mol. The molecule has 2 heterocycles. The maximum atomic E-state index is 9.35. The fourth-order valence-corrected chi connectivity index (χ4v) is 3.64. The van der Waals surface area contributed by atoms with Crippen LogP contribution in [0.4, 0.5) is 0 Å². The molecule has 0 radical (unpaired) electrons. The Hall–Kier alpha value is -1.95. The number of hydrogen-bond donors (Lipinski definition) is 1. The summed E-state index contributed by atoms with van der Waals surface area (Å²) in [6, 6.07) is 7.10. The zero-order valence-corrected chi connectivity index (χ0v) is 11.7. The van der Waals surface area contributed by atoms with E-state index in [1.54, 1.807) is 12.1 Å². The van der Waals surface area contributed by atoms with Crippen LogP contribution in [-0.2, 0) is 0 Å². The Balaban J connectivity index is 1.77. The summed E-state index contributed by atoms with van der Waals surface area (Å²) in [7, 11) is 0. The van der Waals surface area contributed by atoms with Gasteiger partial charge >= 0.3 is 0 Å². The first-order valence-corrected chi connectivity index (χ1v) is 7.64. The third-order valence-electron chi connectivity index (χ3n) is 3.85. The molecule has 1 aliphatic rings. The van der Waals surface area contributed by atoms with Crippen LogP contribution in [0.1, 0.15) is 37.4 Å². The highest BCUT2D eigenvalue weighted by atomic mass is 32.1. The molecule has 2 aromatic heterocycles. The van der Waals surface area contributed by atoms with Crippen LogP contribution in [0, 0.1) is 0 Å². The number of nitrogens with zero attached hydrogens (tertiary/aromatic N) is 4. The van der Waals surface area contributed by atoms with Crippen molar-refractivity contribution in [3.8, 4) is 16.3 Å². The van der Waals surface area contributed by atoms with Crippen LogP contribution in [0.15, 0.2) is 24.3 Å². The van der Waals surface area contributed by atoms with E-state index in [4.69, 9.17) is 0 Å². The van der Waals surface area contributed by atoms with Crippen LogP contribution >= 0.6 is 11.3 Å². The summed E-state index contributed by atoms with van der Waals surface area (Å²) in [5.41, 5.74) is 0.996. The number of hydrogen-bond acceptors (Lipinski definition) is 5. The second-order valence-electron chi connectivity index (χ2n) is 5.19. The van der Waals surface area contributed by atoms with Crippen LogP contribution in [0.2, 0.25) is 0 Å². The topological polar surface area (TPSA) is 63.3 Å². The summed E-state index contributed by atoms with van der Waals surface area (Å²) in [6.07, 6.45) is 4.92. The normalized spacial score (nSPS) is 16.2. The summed E-state index contributed by atoms with van der Waals surface area (Å²) in [6.45, 7) is 0. The summed E-state index contributed by atoms with van der Waals surface area (Å²) >= 11 is 1.53. The van der Waals surface area contributed by atoms with E-state index in [1.807, 2.05) is 16.6 Å². The summed E-state index contributed by atoms with van der Waals surface area (Å²) < 4.78 is 1.89. The molecule has 4 rings (SSSR count). The van der Waals surface area contributed by atoms with Crippen molar-refractivity contribution in [2.45, 2.75) is 31.6 Å². The zero-order valence-electron chi connectivity index (χ0n) is 10.9. The average Bonchev–Trinajstić information content (AvgIpc) is 3.15. The van der Waals surface area contributed by atoms with Crippen LogP contribution < -0.4 is 0 Å². The second-order valence-corrected chi connectivity index (χ2v) is 6.14. The second kappa shape index (κ2) is 4.56. The minimum absolute atomic E-state index is 0.267. The van der Waals surface area contributed by atoms with Gasteiger partial charge in [-0.15, -0.1) is 10.2 Å². The first-order valence-electron chi connectivity index (χ1n) is 6.83. The zero-order chi connectivity index (χ0) is 13.5. The van der Waals surface area contributed by atoms with Crippen molar-refractivity contribution in [3.05, 3.63) is 30.1 Å². The van der Waals surface area contributed by atoms with E-state index in [0.29, 0.717) is 5.92 Å². The number of benzene rings is 1. The molecular formula is C14H14N4OS. The number of phenols is 1. The molecule has 0 unspecified atom stereocenters. The Labute approximate surface area is 119 Å². The molecule has 3 aromatic rings. The Kier molecular flexibility index (Phi) is 2.70. The number of fused-ring (bicyclic) bond motifs is 1. The average molecular weight is 286 g/mol. The Morgan fingerprint density at radius 1 is 1.10 bits per heavy atom. The van der Waals surface area contributed by atoms with Gasteiger partial charge in [-0.05, 0) is 37.1 Å². The first-order chi connectivity index (χ1) is 9.81. The van der Waals surface area contributed by atoms with Crippen LogP contribution in [-0.4, -0.2) is 24.9 Å². The lowest BCUT2D eigenvalue weighted by Crippen LogP contribution is -2.01. The third kappa shape index (κ3) is 1.87. The fraction of sp³-hybridized carbons (Fsp3) is 0.357. The third-order valence-corrected chi connectivity index (χ3v) is 4.80. The molecule has 0 spiro atoms. The van der Waals surface area contributed by atoms with Gasteiger partial charge < -0.3 is 5.11 Å². The van der Waals surface area contributed by atoms with Gasteiger partial charge in [0.25, 0.3) is 0 Å². The number of rotatable bonds is 2. The quantitative estimate of drug-likeness (QED) is 0.785. The predicted octanol–water partition coefficient (Wildman–Crippen LogP) is 3.22. The van der Waals surface area contributed by atoms with Gasteiger partial charge in [-0.3, -0.25) is 0 Å². The molecule has 0 amide bonds. The van der Waals surface area contributed by atoms with Gasteiger partial charge in [0, 0.05) is 11.5 Å². The van der Waals surface area contributed by atoms with Crippen molar-refractivity contribution in [2.24, 2.45) is 0 Å². The lowest BCUT2D eigenvalue weighted by molar-refractivity contribution is 0.475. The van der Waals surface area contributed by atoms with Gasteiger partial charge in [0.05, 0.1) is 0 Å². The van der Waals surface area contributed by atoms with E-state index < -0.39 is 0 Å². The van der Waals surface area contributed by atoms with Crippen molar-refractivity contribution < 1.29 is 5.11 Å². The SMILES string of the molecule is Oc1ccc(-c2nn3c(C4CCCC4)nnc3s2)cc1. The molecule has 0 bridgehead atoms. The number of phenolic OH excluding ortho intramolecular Hbond substituents is 1. The van der Waals surface area contributed by atoms with Crippen molar-refractivity contribution in [1.29, 1.82) is 0 Å². The molecule has 20 heavy (non-hydrogen) atoms. The minimum atomic E-state index is 0.267. The van der Waals surface area contributed by atoms with Crippen LogP contribution in [0.25, 0.3) is 15.5 Å². The monoisotopic (exact) mass is 286 g/mol. The molecular weight excluding hydrogens is 272 g/mol. The molecule has 1 aliphatic carbocycles. The van der Waals surface area contributed by atoms with Gasteiger partial charge in [-0.25, -0.2) is 0 Å². The van der Waals surface area contributed by atoms with Gasteiger partial charge in [0.15, 0.2) is 5.82 Å².